The molecule has 1 amide bonds. The Bertz CT molecular complexity index is 989. The molecule has 13 heteroatoms. The van der Waals surface area contributed by atoms with Gasteiger partial charge in [-0.05, 0) is 19.1 Å². The molecular formula is C15H14ClF3N4O5. The molecule has 1 unspecified atom stereocenters. The van der Waals surface area contributed by atoms with E-state index in [1.807, 2.05) is 4.98 Å². The molecule has 0 bridgehead atoms. The molecular weight excluding hydrogens is 409 g/mol. The van der Waals surface area contributed by atoms with Crippen molar-refractivity contribution < 1.29 is 27.4 Å². The highest BCUT2D eigenvalue weighted by Gasteiger charge is 2.31. The molecule has 1 atom stereocenters. The van der Waals surface area contributed by atoms with Gasteiger partial charge in [0, 0.05) is 6.07 Å². The number of rotatable bonds is 6. The van der Waals surface area contributed by atoms with Crippen LogP contribution in [-0.2, 0) is 0 Å². The number of benzene rings is 1. The Morgan fingerprint density at radius 2 is 2.00 bits per heavy atom. The lowest BCUT2D eigenvalue weighted by Gasteiger charge is -2.16. The number of nitrogens with one attached hydrogen (secondary N) is 3. The Morgan fingerprint density at radius 3 is 2.61 bits per heavy atom. The lowest BCUT2D eigenvalue weighted by molar-refractivity contribution is -0.274. The molecule has 1 aromatic heterocycles. The van der Waals surface area contributed by atoms with Crippen LogP contribution in [0.1, 0.15) is 17.4 Å². The van der Waals surface area contributed by atoms with Gasteiger partial charge in [0.15, 0.2) is 0 Å². The second kappa shape index (κ2) is 8.25. The van der Waals surface area contributed by atoms with E-state index in [0.717, 1.165) is 12.1 Å². The fraction of sp³-hybridized carbons (Fsp3) is 0.267. The van der Waals surface area contributed by atoms with Crippen LogP contribution in [0.4, 0.5) is 18.9 Å². The molecule has 0 radical (unpaired) electrons. The predicted molar refractivity (Wildman–Crippen MR) is 92.7 cm³/mol. The number of ether oxygens (including phenoxy) is 2. The van der Waals surface area contributed by atoms with Gasteiger partial charge < -0.3 is 25.5 Å². The Morgan fingerprint density at radius 1 is 1.32 bits per heavy atom. The van der Waals surface area contributed by atoms with Gasteiger partial charge in [0.05, 0.1) is 11.1 Å². The number of anilines is 1. The van der Waals surface area contributed by atoms with Crippen molar-refractivity contribution in [2.75, 3.05) is 12.3 Å². The van der Waals surface area contributed by atoms with Gasteiger partial charge in [0.25, 0.3) is 11.5 Å². The Balaban J connectivity index is 1.99. The molecule has 2 rings (SSSR count). The molecule has 1 aromatic carbocycles. The third-order valence-corrected chi connectivity index (χ3v) is 3.51. The number of nitrogen functional groups attached to an aromatic ring is 1. The number of aromatic amines is 2. The smallest absolute Gasteiger partial charge is 0.490 e. The number of nitrogens with two attached hydrogens (primary N) is 1. The van der Waals surface area contributed by atoms with Crippen LogP contribution in [0.2, 0.25) is 5.02 Å². The second-order valence-corrected chi connectivity index (χ2v) is 5.93. The minimum atomic E-state index is -4.85. The number of amides is 1. The quantitative estimate of drug-likeness (QED) is 0.555. The second-order valence-electron chi connectivity index (χ2n) is 5.52. The predicted octanol–water partition coefficient (Wildman–Crippen LogP) is 1.39. The average Bonchev–Trinajstić information content (AvgIpc) is 2.55. The SMILES string of the molecule is CC(COc1ccc(OC(F)(F)F)cc1Cl)NC(=O)c1[nH]c(=O)[nH]c(=O)c1N. The minimum Gasteiger partial charge on any atom is -0.490 e. The van der Waals surface area contributed by atoms with Crippen molar-refractivity contribution in [3.05, 3.63) is 49.8 Å². The summed E-state index contributed by atoms with van der Waals surface area (Å²) >= 11 is 5.84. The maximum Gasteiger partial charge on any atom is 0.573 e. The standard InChI is InChI=1S/C15H14ClF3N4O5/c1-6(21-13(25)11-10(20)12(24)23-14(26)22-11)5-27-9-3-2-7(4-8(9)16)28-15(17,18)19/h2-4,6H,5,20H2,1H3,(H,21,25)(H2,22,23,24,26). The number of halogens is 4. The molecule has 1 heterocycles. The van der Waals surface area contributed by atoms with Gasteiger partial charge in [-0.15, -0.1) is 13.2 Å². The van der Waals surface area contributed by atoms with E-state index in [-0.39, 0.29) is 17.4 Å². The molecule has 0 spiro atoms. The van der Waals surface area contributed by atoms with Crippen molar-refractivity contribution in [2.24, 2.45) is 0 Å². The summed E-state index contributed by atoms with van der Waals surface area (Å²) in [6.45, 7) is 1.41. The molecule has 0 fully saturated rings. The van der Waals surface area contributed by atoms with Gasteiger partial charge in [-0.1, -0.05) is 11.6 Å². The third-order valence-electron chi connectivity index (χ3n) is 3.21. The van der Waals surface area contributed by atoms with E-state index < -0.39 is 46.7 Å². The largest absolute Gasteiger partial charge is 0.573 e. The van der Waals surface area contributed by atoms with E-state index in [1.165, 1.54) is 13.0 Å². The first kappa shape index (κ1) is 21.2. The molecule has 0 saturated carbocycles. The van der Waals surface area contributed by atoms with Crippen molar-refractivity contribution in [3.63, 3.8) is 0 Å². The van der Waals surface area contributed by atoms with E-state index in [1.54, 1.807) is 0 Å². The molecule has 152 valence electrons. The Hall–Kier alpha value is -3.15. The Kier molecular flexibility index (Phi) is 6.23. The molecule has 2 aromatic rings. The van der Waals surface area contributed by atoms with Crippen molar-refractivity contribution in [3.8, 4) is 11.5 Å². The minimum absolute atomic E-state index is 0.0568. The third kappa shape index (κ3) is 5.67. The number of aromatic nitrogens is 2. The highest BCUT2D eigenvalue weighted by molar-refractivity contribution is 6.32. The van der Waals surface area contributed by atoms with Crippen LogP contribution < -0.4 is 31.8 Å². The first-order chi connectivity index (χ1) is 13.0. The van der Waals surface area contributed by atoms with E-state index in [2.05, 4.69) is 15.0 Å². The lowest BCUT2D eigenvalue weighted by atomic mass is 10.3. The van der Waals surface area contributed by atoms with Gasteiger partial charge >= 0.3 is 12.1 Å². The molecule has 28 heavy (non-hydrogen) atoms. The van der Waals surface area contributed by atoms with Crippen LogP contribution in [0.15, 0.2) is 27.8 Å². The number of hydrogen-bond acceptors (Lipinski definition) is 6. The average molecular weight is 423 g/mol. The number of hydrogen-bond donors (Lipinski definition) is 4. The first-order valence-electron chi connectivity index (χ1n) is 7.57. The maximum atomic E-state index is 12.2. The summed E-state index contributed by atoms with van der Waals surface area (Å²) in [5.74, 6) is -1.28. The zero-order valence-corrected chi connectivity index (χ0v) is 14.9. The molecule has 0 aliphatic carbocycles. The summed E-state index contributed by atoms with van der Waals surface area (Å²) in [4.78, 5) is 38.8. The van der Waals surface area contributed by atoms with Crippen LogP contribution in [0, 0.1) is 0 Å². The van der Waals surface area contributed by atoms with E-state index >= 15 is 0 Å². The van der Waals surface area contributed by atoms with Gasteiger partial charge in [-0.25, -0.2) is 4.79 Å². The summed E-state index contributed by atoms with van der Waals surface area (Å²) in [6.07, 6.45) is -4.85. The van der Waals surface area contributed by atoms with Gasteiger partial charge in [0.2, 0.25) is 0 Å². The van der Waals surface area contributed by atoms with Crippen LogP contribution >= 0.6 is 11.6 Å². The lowest BCUT2D eigenvalue weighted by Crippen LogP contribution is -2.40. The van der Waals surface area contributed by atoms with E-state index in [0.29, 0.717) is 0 Å². The maximum absolute atomic E-state index is 12.2. The van der Waals surface area contributed by atoms with Gasteiger partial charge in [0.1, 0.15) is 29.5 Å². The summed E-state index contributed by atoms with van der Waals surface area (Å²) < 4.78 is 45.6. The van der Waals surface area contributed by atoms with Crippen LogP contribution in [-0.4, -0.2) is 34.9 Å². The fourth-order valence-electron chi connectivity index (χ4n) is 2.02. The zero-order chi connectivity index (χ0) is 21.1. The normalized spacial score (nSPS) is 12.3. The van der Waals surface area contributed by atoms with Crippen LogP contribution in [0.5, 0.6) is 11.5 Å². The topological polar surface area (TPSA) is 139 Å². The Labute approximate surface area is 159 Å². The number of carbonyl (C=O) groups is 1. The molecule has 0 aliphatic heterocycles. The first-order valence-corrected chi connectivity index (χ1v) is 7.95. The van der Waals surface area contributed by atoms with Crippen molar-refractivity contribution >= 4 is 23.2 Å². The van der Waals surface area contributed by atoms with Crippen molar-refractivity contribution in [1.29, 1.82) is 0 Å². The summed E-state index contributed by atoms with van der Waals surface area (Å²) in [6, 6.07) is 2.47. The summed E-state index contributed by atoms with van der Waals surface area (Å²) in [5, 5.41) is 2.30. The van der Waals surface area contributed by atoms with Crippen LogP contribution in [0.3, 0.4) is 0 Å². The molecule has 9 nitrogen and oxygen atoms in total. The fourth-order valence-corrected chi connectivity index (χ4v) is 2.25. The van der Waals surface area contributed by atoms with Gasteiger partial charge in [-0.2, -0.15) is 0 Å². The van der Waals surface area contributed by atoms with E-state index in [4.69, 9.17) is 22.1 Å². The molecule has 5 N–H and O–H groups in total. The molecule has 0 aliphatic rings. The van der Waals surface area contributed by atoms with Crippen molar-refractivity contribution in [2.45, 2.75) is 19.3 Å². The highest BCUT2D eigenvalue weighted by atomic mass is 35.5. The zero-order valence-electron chi connectivity index (χ0n) is 14.1. The summed E-state index contributed by atoms with van der Waals surface area (Å²) in [7, 11) is 0. The van der Waals surface area contributed by atoms with Crippen molar-refractivity contribution in [1.82, 2.24) is 15.3 Å². The number of carbonyl (C=O) groups excluding carboxylic acids is 1. The van der Waals surface area contributed by atoms with Crippen LogP contribution in [0.25, 0.3) is 0 Å². The highest BCUT2D eigenvalue weighted by Crippen LogP contribution is 2.31. The number of alkyl halides is 3. The molecule has 0 saturated heterocycles. The van der Waals surface area contributed by atoms with E-state index in [9.17, 15) is 27.6 Å². The monoisotopic (exact) mass is 422 g/mol. The summed E-state index contributed by atoms with van der Waals surface area (Å²) in [5.41, 5.74) is 2.77. The number of H-pyrrole nitrogens is 2. The van der Waals surface area contributed by atoms with Gasteiger partial charge in [-0.3, -0.25) is 14.6 Å².